The zero-order chi connectivity index (χ0) is 33.8. The maximum atomic E-state index is 5.21. The van der Waals surface area contributed by atoms with Gasteiger partial charge in [-0.3, -0.25) is 0 Å². The van der Waals surface area contributed by atoms with E-state index in [2.05, 4.69) is 188 Å². The first-order valence-electron chi connectivity index (χ1n) is 17.4. The molecule has 0 radical (unpaired) electrons. The second-order valence-electron chi connectivity index (χ2n) is 13.2. The lowest BCUT2D eigenvalue weighted by atomic mass is 9.67. The Morgan fingerprint density at radius 2 is 0.706 bits per heavy atom. The first-order chi connectivity index (χ1) is 25.3. The lowest BCUT2D eigenvalue weighted by Crippen LogP contribution is -2.28. The van der Waals surface area contributed by atoms with E-state index in [-0.39, 0.29) is 0 Å². The highest BCUT2D eigenvalue weighted by atomic mass is 15.0. The fourth-order valence-electron chi connectivity index (χ4n) is 8.00. The molecule has 51 heavy (non-hydrogen) atoms. The monoisotopic (exact) mass is 649 g/mol. The van der Waals surface area contributed by atoms with Crippen molar-refractivity contribution in [2.75, 3.05) is 0 Å². The van der Waals surface area contributed by atoms with Crippen molar-refractivity contribution >= 4 is 21.5 Å². The largest absolute Gasteiger partial charge is 0.208 e. The quantitative estimate of drug-likeness (QED) is 0.186. The minimum atomic E-state index is -0.514. The van der Waals surface area contributed by atoms with Crippen molar-refractivity contribution in [2.24, 2.45) is 0 Å². The molecular formula is C48H31N3. The van der Waals surface area contributed by atoms with Crippen LogP contribution in [-0.2, 0) is 5.41 Å². The molecule has 3 nitrogen and oxygen atoms in total. The van der Waals surface area contributed by atoms with E-state index in [9.17, 15) is 0 Å². The van der Waals surface area contributed by atoms with E-state index < -0.39 is 5.41 Å². The molecule has 0 amide bonds. The van der Waals surface area contributed by atoms with Crippen LogP contribution in [0.3, 0.4) is 0 Å². The smallest absolute Gasteiger partial charge is 0.164 e. The molecule has 9 aromatic rings. The maximum absolute atomic E-state index is 5.21. The van der Waals surface area contributed by atoms with Gasteiger partial charge in [0.15, 0.2) is 17.5 Å². The van der Waals surface area contributed by atoms with Gasteiger partial charge in [-0.05, 0) is 73.1 Å². The number of rotatable bonds is 5. The zero-order valence-corrected chi connectivity index (χ0v) is 27.7. The zero-order valence-electron chi connectivity index (χ0n) is 27.7. The number of hydrogen-bond acceptors (Lipinski definition) is 3. The van der Waals surface area contributed by atoms with E-state index in [1.54, 1.807) is 0 Å². The molecule has 0 saturated heterocycles. The van der Waals surface area contributed by atoms with Crippen LogP contribution in [0.5, 0.6) is 0 Å². The second-order valence-corrected chi connectivity index (χ2v) is 13.2. The third-order valence-corrected chi connectivity index (χ3v) is 10.4. The Balaban J connectivity index is 1.23. The molecule has 8 aromatic carbocycles. The average Bonchev–Trinajstić information content (AvgIpc) is 3.51. The van der Waals surface area contributed by atoms with Gasteiger partial charge in [0.1, 0.15) is 0 Å². The molecule has 0 unspecified atom stereocenters. The van der Waals surface area contributed by atoms with Gasteiger partial charge in [-0.2, -0.15) is 0 Å². The minimum Gasteiger partial charge on any atom is -0.208 e. The molecule has 1 aliphatic rings. The lowest BCUT2D eigenvalue weighted by Gasteiger charge is -2.34. The van der Waals surface area contributed by atoms with Gasteiger partial charge < -0.3 is 0 Å². The third-order valence-electron chi connectivity index (χ3n) is 10.4. The van der Waals surface area contributed by atoms with E-state index in [0.717, 1.165) is 27.5 Å². The molecule has 0 spiro atoms. The highest BCUT2D eigenvalue weighted by molar-refractivity contribution is 5.90. The third kappa shape index (κ3) is 4.70. The molecule has 238 valence electrons. The van der Waals surface area contributed by atoms with Crippen molar-refractivity contribution in [3.05, 3.63) is 210 Å². The molecule has 0 saturated carbocycles. The van der Waals surface area contributed by atoms with E-state index in [4.69, 9.17) is 15.0 Å². The van der Waals surface area contributed by atoms with Gasteiger partial charge in [-0.15, -0.1) is 0 Å². The number of nitrogens with zero attached hydrogens (tertiary/aromatic N) is 3. The van der Waals surface area contributed by atoms with Crippen LogP contribution < -0.4 is 0 Å². The molecule has 1 heterocycles. The van der Waals surface area contributed by atoms with Crippen molar-refractivity contribution < 1.29 is 0 Å². The fourth-order valence-corrected chi connectivity index (χ4v) is 8.00. The summed E-state index contributed by atoms with van der Waals surface area (Å²) in [4.78, 5) is 15.5. The van der Waals surface area contributed by atoms with Crippen LogP contribution in [0.1, 0.15) is 22.3 Å². The fraction of sp³-hybridized carbons (Fsp3) is 0.0208. The average molecular weight is 650 g/mol. The molecule has 0 atom stereocenters. The number of aromatic nitrogens is 3. The molecule has 10 rings (SSSR count). The van der Waals surface area contributed by atoms with Gasteiger partial charge in [0, 0.05) is 16.7 Å². The Labute approximate surface area is 296 Å². The van der Waals surface area contributed by atoms with E-state index in [1.807, 2.05) is 0 Å². The van der Waals surface area contributed by atoms with Crippen LogP contribution in [0.15, 0.2) is 188 Å². The van der Waals surface area contributed by atoms with E-state index >= 15 is 0 Å². The van der Waals surface area contributed by atoms with Crippen LogP contribution in [0.4, 0.5) is 0 Å². The van der Waals surface area contributed by atoms with E-state index in [0.29, 0.717) is 17.5 Å². The van der Waals surface area contributed by atoms with Gasteiger partial charge >= 0.3 is 0 Å². The van der Waals surface area contributed by atoms with Crippen LogP contribution in [0, 0.1) is 0 Å². The van der Waals surface area contributed by atoms with Crippen molar-refractivity contribution in [3.63, 3.8) is 0 Å². The van der Waals surface area contributed by atoms with Crippen molar-refractivity contribution in [3.8, 4) is 45.3 Å². The Kier molecular flexibility index (Phi) is 6.71. The van der Waals surface area contributed by atoms with Crippen molar-refractivity contribution in [1.82, 2.24) is 15.0 Å². The highest BCUT2D eigenvalue weighted by Crippen LogP contribution is 2.56. The van der Waals surface area contributed by atoms with Crippen LogP contribution in [-0.4, -0.2) is 15.0 Å². The summed E-state index contributed by atoms with van der Waals surface area (Å²) < 4.78 is 0. The Bertz CT molecular complexity index is 2620. The second kappa shape index (κ2) is 11.7. The molecule has 0 fully saturated rings. The Morgan fingerprint density at radius 1 is 0.294 bits per heavy atom. The normalized spacial score (nSPS) is 12.9. The van der Waals surface area contributed by atoms with Gasteiger partial charge in [0.25, 0.3) is 0 Å². The summed E-state index contributed by atoms with van der Waals surface area (Å²) in [6.45, 7) is 0. The highest BCUT2D eigenvalue weighted by Gasteiger charge is 2.46. The summed E-state index contributed by atoms with van der Waals surface area (Å²) in [6.07, 6.45) is 0. The number of hydrogen-bond donors (Lipinski definition) is 0. The summed E-state index contributed by atoms with van der Waals surface area (Å²) in [7, 11) is 0. The van der Waals surface area contributed by atoms with Gasteiger partial charge in [-0.1, -0.05) is 170 Å². The van der Waals surface area contributed by atoms with Crippen LogP contribution in [0.2, 0.25) is 0 Å². The first-order valence-corrected chi connectivity index (χ1v) is 17.4. The van der Waals surface area contributed by atoms with Crippen molar-refractivity contribution in [1.29, 1.82) is 0 Å². The maximum Gasteiger partial charge on any atom is 0.164 e. The van der Waals surface area contributed by atoms with Crippen LogP contribution >= 0.6 is 0 Å². The minimum absolute atomic E-state index is 0.514. The first kappa shape index (κ1) is 29.2. The summed E-state index contributed by atoms with van der Waals surface area (Å²) in [5, 5.41) is 4.66. The number of benzene rings is 8. The molecule has 0 bridgehead atoms. The molecule has 1 aliphatic carbocycles. The molecule has 0 N–H and O–H groups in total. The summed E-state index contributed by atoms with van der Waals surface area (Å²) in [6, 6.07) is 67.0. The SMILES string of the molecule is c1ccc(C2(c3ccccc3)c3ccccc3-c3ccc(-c4nc(-c5ccc6ccccc6c5)nc(-c5ccc6ccccc6c5)n4)cc32)cc1. The predicted octanol–water partition coefficient (Wildman–Crippen LogP) is 11.5. The van der Waals surface area contributed by atoms with Gasteiger partial charge in [0.2, 0.25) is 0 Å². The molecule has 3 heteroatoms. The molecule has 1 aromatic heterocycles. The van der Waals surface area contributed by atoms with E-state index in [1.165, 1.54) is 44.2 Å². The van der Waals surface area contributed by atoms with Crippen LogP contribution in [0.25, 0.3) is 66.8 Å². The lowest BCUT2D eigenvalue weighted by molar-refractivity contribution is 0.768. The Hall–Kier alpha value is -6.71. The van der Waals surface area contributed by atoms with Gasteiger partial charge in [0.05, 0.1) is 5.41 Å². The van der Waals surface area contributed by atoms with Gasteiger partial charge in [-0.25, -0.2) is 15.0 Å². The topological polar surface area (TPSA) is 38.7 Å². The summed E-state index contributed by atoms with van der Waals surface area (Å²) >= 11 is 0. The standard InChI is InChI=1S/C48H31N3/c1-3-17-39(18-4-1)48(40-19-5-2-6-20-40)43-22-12-11-21-41(43)42-28-27-38(31-44(42)48)47-50-45(36-25-23-32-13-7-9-15-34(32)29-36)49-46(51-47)37-26-24-33-14-8-10-16-35(33)30-37/h1-31H. The number of fused-ring (bicyclic) bond motifs is 5. The molecule has 0 aliphatic heterocycles. The van der Waals surface area contributed by atoms with Crippen molar-refractivity contribution in [2.45, 2.75) is 5.41 Å². The summed E-state index contributed by atoms with van der Waals surface area (Å²) in [5.41, 5.74) is 9.76. The predicted molar refractivity (Wildman–Crippen MR) is 208 cm³/mol. The molecular weight excluding hydrogens is 619 g/mol. The summed E-state index contributed by atoms with van der Waals surface area (Å²) in [5.74, 6) is 1.94. The Morgan fingerprint density at radius 3 is 1.25 bits per heavy atom.